The zero-order valence-corrected chi connectivity index (χ0v) is 17.6. The van der Waals surface area contributed by atoms with Crippen molar-refractivity contribution in [2.75, 3.05) is 39.3 Å². The monoisotopic (exact) mass is 416 g/mol. The van der Waals surface area contributed by atoms with E-state index in [9.17, 15) is 9.50 Å². The summed E-state index contributed by atoms with van der Waals surface area (Å²) in [6.07, 6.45) is 2.02. The van der Waals surface area contributed by atoms with Gasteiger partial charge in [0.2, 0.25) is 5.75 Å². The molecule has 1 aliphatic heterocycles. The highest BCUT2D eigenvalue weighted by molar-refractivity contribution is 5.80. The van der Waals surface area contributed by atoms with Gasteiger partial charge >= 0.3 is 0 Å². The number of halogens is 1. The summed E-state index contributed by atoms with van der Waals surface area (Å²) in [4.78, 5) is 6.50. The van der Waals surface area contributed by atoms with Crippen LogP contribution in [0.1, 0.15) is 18.4 Å². The van der Waals surface area contributed by atoms with Gasteiger partial charge in [-0.3, -0.25) is 4.99 Å². The fraction of sp³-hybridized carbons (Fsp3) is 0.409. The molecule has 1 atom stereocenters. The molecule has 2 aromatic rings. The lowest BCUT2D eigenvalue weighted by Crippen LogP contribution is -2.51. The quantitative estimate of drug-likeness (QED) is 0.497. The van der Waals surface area contributed by atoms with Gasteiger partial charge < -0.3 is 30.1 Å². The summed E-state index contributed by atoms with van der Waals surface area (Å²) >= 11 is 0. The van der Waals surface area contributed by atoms with Crippen molar-refractivity contribution in [2.24, 2.45) is 4.99 Å². The number of nitrogens with zero attached hydrogens (tertiary/aromatic N) is 2. The van der Waals surface area contributed by atoms with Gasteiger partial charge in [-0.25, -0.2) is 4.39 Å². The highest BCUT2D eigenvalue weighted by Crippen LogP contribution is 2.37. The Kier molecular flexibility index (Phi) is 7.21. The van der Waals surface area contributed by atoms with E-state index in [1.54, 1.807) is 31.3 Å². The number of guanidine groups is 1. The fourth-order valence-electron chi connectivity index (χ4n) is 3.63. The number of methoxy groups -OCH3 is 2. The summed E-state index contributed by atoms with van der Waals surface area (Å²) in [6, 6.07) is 10.4. The van der Waals surface area contributed by atoms with Crippen molar-refractivity contribution < 1.29 is 19.0 Å². The highest BCUT2D eigenvalue weighted by Gasteiger charge is 2.21. The molecule has 7 nitrogen and oxygen atoms in total. The first-order valence-electron chi connectivity index (χ1n) is 9.95. The van der Waals surface area contributed by atoms with Crippen LogP contribution in [0.4, 0.5) is 10.1 Å². The maximum absolute atomic E-state index is 13.6. The van der Waals surface area contributed by atoms with Crippen molar-refractivity contribution >= 4 is 11.6 Å². The Bertz CT molecular complexity index is 865. The molecule has 0 bridgehead atoms. The number of hydrogen-bond acceptors (Lipinski definition) is 5. The molecule has 0 aromatic heterocycles. The first kappa shape index (κ1) is 21.5. The molecule has 0 aliphatic carbocycles. The number of hydrogen-bond donors (Lipinski definition) is 3. The van der Waals surface area contributed by atoms with E-state index in [0.29, 0.717) is 24.0 Å². The molecule has 162 valence electrons. The molecule has 0 radical (unpaired) electrons. The van der Waals surface area contributed by atoms with Gasteiger partial charge in [0.25, 0.3) is 0 Å². The molecule has 0 saturated carbocycles. The topological polar surface area (TPSA) is 78.4 Å². The van der Waals surface area contributed by atoms with Gasteiger partial charge in [-0.05, 0) is 48.7 Å². The molecule has 1 saturated heterocycles. The van der Waals surface area contributed by atoms with Crippen molar-refractivity contribution in [1.82, 2.24) is 10.6 Å². The second-order valence-electron chi connectivity index (χ2n) is 7.18. The minimum absolute atomic E-state index is 0.0223. The van der Waals surface area contributed by atoms with Crippen LogP contribution in [0.25, 0.3) is 0 Å². The van der Waals surface area contributed by atoms with Crippen molar-refractivity contribution in [2.45, 2.75) is 25.4 Å². The van der Waals surface area contributed by atoms with Crippen LogP contribution in [0.15, 0.2) is 41.4 Å². The normalized spacial score (nSPS) is 16.9. The van der Waals surface area contributed by atoms with Crippen LogP contribution in [0.3, 0.4) is 0 Å². The summed E-state index contributed by atoms with van der Waals surface area (Å²) in [7, 11) is 4.72. The lowest BCUT2D eigenvalue weighted by molar-refractivity contribution is 0.339. The van der Waals surface area contributed by atoms with E-state index < -0.39 is 0 Å². The molecule has 0 spiro atoms. The summed E-state index contributed by atoms with van der Waals surface area (Å²) in [6.45, 7) is 2.15. The Morgan fingerprint density at radius 2 is 1.97 bits per heavy atom. The number of aromatic hydroxyl groups is 1. The maximum Gasteiger partial charge on any atom is 0.200 e. The van der Waals surface area contributed by atoms with Crippen molar-refractivity contribution in [3.05, 3.63) is 47.8 Å². The summed E-state index contributed by atoms with van der Waals surface area (Å²) in [5.74, 6) is 1.14. The van der Waals surface area contributed by atoms with Crippen LogP contribution in [0, 0.1) is 5.82 Å². The summed E-state index contributed by atoms with van der Waals surface area (Å²) < 4.78 is 24.0. The smallest absolute Gasteiger partial charge is 0.200 e. The Morgan fingerprint density at radius 3 is 2.60 bits per heavy atom. The van der Waals surface area contributed by atoms with Gasteiger partial charge in [-0.15, -0.1) is 0 Å². The molecule has 0 amide bonds. The molecule has 30 heavy (non-hydrogen) atoms. The molecule has 2 aromatic carbocycles. The number of rotatable bonds is 6. The van der Waals surface area contributed by atoms with Crippen LogP contribution < -0.4 is 25.0 Å². The lowest BCUT2D eigenvalue weighted by Gasteiger charge is -2.35. The number of ether oxygens (including phenoxy) is 2. The number of nitrogens with one attached hydrogen (secondary N) is 2. The Morgan fingerprint density at radius 1 is 1.23 bits per heavy atom. The second-order valence-corrected chi connectivity index (χ2v) is 7.18. The third kappa shape index (κ3) is 5.25. The van der Waals surface area contributed by atoms with Gasteiger partial charge in [0, 0.05) is 38.4 Å². The van der Waals surface area contributed by atoms with Gasteiger partial charge in [0.1, 0.15) is 5.82 Å². The third-order valence-electron chi connectivity index (χ3n) is 5.16. The van der Waals surface area contributed by atoms with Gasteiger partial charge in [-0.2, -0.15) is 0 Å². The van der Waals surface area contributed by atoms with Crippen LogP contribution in [0.2, 0.25) is 0 Å². The predicted octanol–water partition coefficient (Wildman–Crippen LogP) is 2.88. The Balaban J connectivity index is 1.61. The molecule has 1 aliphatic rings. The lowest BCUT2D eigenvalue weighted by atomic mass is 10.0. The number of phenolic OH excluding ortho intramolecular Hbond substituents is 1. The SMILES string of the molecule is CN=C(NCc1cc(OC)c(O)c(OC)c1)NC1CCCN(c2cccc(F)c2)C1. The molecule has 3 rings (SSSR count). The number of benzene rings is 2. The van der Waals surface area contributed by atoms with Crippen LogP contribution in [-0.2, 0) is 6.54 Å². The van der Waals surface area contributed by atoms with Crippen molar-refractivity contribution in [3.8, 4) is 17.2 Å². The van der Waals surface area contributed by atoms with Crippen molar-refractivity contribution in [1.29, 1.82) is 0 Å². The van der Waals surface area contributed by atoms with E-state index in [1.165, 1.54) is 20.3 Å². The first-order valence-corrected chi connectivity index (χ1v) is 9.95. The Hall–Kier alpha value is -3.16. The second kappa shape index (κ2) is 10.0. The van der Waals surface area contributed by atoms with Crippen molar-refractivity contribution in [3.63, 3.8) is 0 Å². The van der Waals surface area contributed by atoms with Gasteiger partial charge in [-0.1, -0.05) is 6.07 Å². The van der Waals surface area contributed by atoms with Gasteiger partial charge in [0.15, 0.2) is 17.5 Å². The average Bonchev–Trinajstić information content (AvgIpc) is 2.77. The molecule has 1 unspecified atom stereocenters. The van der Waals surface area contributed by atoms with E-state index >= 15 is 0 Å². The molecular weight excluding hydrogens is 387 g/mol. The zero-order chi connectivity index (χ0) is 21.5. The first-order chi connectivity index (χ1) is 14.5. The average molecular weight is 416 g/mol. The summed E-state index contributed by atoms with van der Waals surface area (Å²) in [5, 5.41) is 16.8. The maximum atomic E-state index is 13.6. The minimum atomic E-state index is -0.222. The number of anilines is 1. The fourth-order valence-corrected chi connectivity index (χ4v) is 3.63. The van der Waals surface area contributed by atoms with E-state index in [4.69, 9.17) is 9.47 Å². The molecule has 3 N–H and O–H groups in total. The van der Waals surface area contributed by atoms with E-state index in [0.717, 1.165) is 37.2 Å². The molecule has 8 heteroatoms. The van der Waals surface area contributed by atoms with Gasteiger partial charge in [0.05, 0.1) is 14.2 Å². The minimum Gasteiger partial charge on any atom is -0.502 e. The number of aliphatic imine (C=N–C) groups is 1. The zero-order valence-electron chi connectivity index (χ0n) is 17.6. The predicted molar refractivity (Wildman–Crippen MR) is 116 cm³/mol. The molecule has 1 fully saturated rings. The molecular formula is C22H29FN4O3. The van der Waals surface area contributed by atoms with E-state index in [2.05, 4.69) is 20.5 Å². The van der Waals surface area contributed by atoms with Crippen LogP contribution >= 0.6 is 0 Å². The number of phenols is 1. The summed E-state index contributed by atoms with van der Waals surface area (Å²) in [5.41, 5.74) is 1.78. The van der Waals surface area contributed by atoms with E-state index in [1.807, 2.05) is 6.07 Å². The van der Waals surface area contributed by atoms with E-state index in [-0.39, 0.29) is 17.6 Å². The molecule has 1 heterocycles. The largest absolute Gasteiger partial charge is 0.502 e. The standard InChI is InChI=1S/C22H29FN4O3/c1-24-22(25-13-15-10-19(29-2)21(28)20(11-15)30-3)26-17-7-5-9-27(14-17)18-8-4-6-16(23)12-18/h4,6,8,10-12,17,28H,5,7,9,13-14H2,1-3H3,(H2,24,25,26). The Labute approximate surface area is 176 Å². The number of piperidine rings is 1. The van der Waals surface area contributed by atoms with Crippen LogP contribution in [-0.4, -0.2) is 51.5 Å². The third-order valence-corrected chi connectivity index (χ3v) is 5.16. The van der Waals surface area contributed by atoms with Crippen LogP contribution in [0.5, 0.6) is 17.2 Å². The highest BCUT2D eigenvalue weighted by atomic mass is 19.1.